The molecule has 0 aliphatic carbocycles. The van der Waals surface area contributed by atoms with Gasteiger partial charge in [0.1, 0.15) is 0 Å². The Balaban J connectivity index is 1.90. The van der Waals surface area contributed by atoms with Crippen LogP contribution in [0.25, 0.3) is 11.4 Å². The lowest BCUT2D eigenvalue weighted by Gasteiger charge is -2.18. The van der Waals surface area contributed by atoms with Gasteiger partial charge in [-0.2, -0.15) is 4.98 Å². The van der Waals surface area contributed by atoms with Crippen molar-refractivity contribution in [2.75, 3.05) is 13.1 Å². The lowest BCUT2D eigenvalue weighted by atomic mass is 9.98. The van der Waals surface area contributed by atoms with Crippen molar-refractivity contribution in [3.05, 3.63) is 35.7 Å². The van der Waals surface area contributed by atoms with Crippen LogP contribution in [0.5, 0.6) is 0 Å². The quantitative estimate of drug-likeness (QED) is 0.906. The number of piperidine rings is 1. The molecule has 0 spiro atoms. The topological polar surface area (TPSA) is 51.0 Å². The van der Waals surface area contributed by atoms with E-state index in [1.165, 1.54) is 12.1 Å². The number of halogens is 2. The smallest absolute Gasteiger partial charge is 0.230 e. The molecule has 1 N–H and O–H groups in total. The lowest BCUT2D eigenvalue weighted by molar-refractivity contribution is 0.320. The average molecular weight is 265 g/mol. The summed E-state index contributed by atoms with van der Waals surface area (Å²) >= 11 is 0. The highest BCUT2D eigenvalue weighted by molar-refractivity contribution is 5.55. The Bertz CT molecular complexity index is 579. The van der Waals surface area contributed by atoms with E-state index in [0.717, 1.165) is 32.0 Å². The predicted octanol–water partition coefficient (Wildman–Crippen LogP) is 2.48. The van der Waals surface area contributed by atoms with Gasteiger partial charge in [-0.25, -0.2) is 8.78 Å². The Hall–Kier alpha value is -1.82. The summed E-state index contributed by atoms with van der Waals surface area (Å²) < 4.78 is 32.0. The number of rotatable bonds is 2. The van der Waals surface area contributed by atoms with E-state index in [1.54, 1.807) is 0 Å². The molecular weight excluding hydrogens is 252 g/mol. The standard InChI is InChI=1S/C13H13F2N3O/c14-10-3-1-2-9(11(10)15)12-17-13(19-18-12)8-4-6-16-7-5-8/h1-3,8,16H,4-7H2. The molecule has 1 aliphatic heterocycles. The molecule has 0 radical (unpaired) electrons. The average Bonchev–Trinajstić information content (AvgIpc) is 2.92. The summed E-state index contributed by atoms with van der Waals surface area (Å²) in [7, 11) is 0. The first-order chi connectivity index (χ1) is 9.25. The maximum absolute atomic E-state index is 13.6. The van der Waals surface area contributed by atoms with Crippen molar-refractivity contribution >= 4 is 0 Å². The van der Waals surface area contributed by atoms with Crippen LogP contribution < -0.4 is 5.32 Å². The van der Waals surface area contributed by atoms with E-state index in [-0.39, 0.29) is 17.3 Å². The molecule has 100 valence electrons. The third-order valence-corrected chi connectivity index (χ3v) is 3.32. The van der Waals surface area contributed by atoms with Crippen LogP contribution in [0.1, 0.15) is 24.7 Å². The fourth-order valence-corrected chi connectivity index (χ4v) is 2.26. The van der Waals surface area contributed by atoms with Gasteiger partial charge in [0.25, 0.3) is 0 Å². The molecule has 4 nitrogen and oxygen atoms in total. The summed E-state index contributed by atoms with van der Waals surface area (Å²) in [5.74, 6) is -1.06. The van der Waals surface area contributed by atoms with Gasteiger partial charge < -0.3 is 9.84 Å². The second kappa shape index (κ2) is 5.05. The van der Waals surface area contributed by atoms with Crippen LogP contribution >= 0.6 is 0 Å². The predicted molar refractivity (Wildman–Crippen MR) is 64.5 cm³/mol. The van der Waals surface area contributed by atoms with Gasteiger partial charge >= 0.3 is 0 Å². The van der Waals surface area contributed by atoms with Crippen LogP contribution in [0.15, 0.2) is 22.7 Å². The van der Waals surface area contributed by atoms with Gasteiger partial charge in [0.2, 0.25) is 11.7 Å². The van der Waals surface area contributed by atoms with Crippen LogP contribution in [0.3, 0.4) is 0 Å². The van der Waals surface area contributed by atoms with Crippen LogP contribution in [0.4, 0.5) is 8.78 Å². The summed E-state index contributed by atoms with van der Waals surface area (Å²) in [5, 5.41) is 6.99. The SMILES string of the molecule is Fc1cccc(-c2noc(C3CCNCC3)n2)c1F. The molecule has 0 amide bonds. The highest BCUT2D eigenvalue weighted by Crippen LogP contribution is 2.27. The van der Waals surface area contributed by atoms with Crippen molar-refractivity contribution in [3.8, 4) is 11.4 Å². The molecule has 0 unspecified atom stereocenters. The highest BCUT2D eigenvalue weighted by Gasteiger charge is 2.23. The Morgan fingerprint density at radius 3 is 2.79 bits per heavy atom. The Morgan fingerprint density at radius 1 is 1.21 bits per heavy atom. The van der Waals surface area contributed by atoms with Crippen molar-refractivity contribution in [2.24, 2.45) is 0 Å². The lowest BCUT2D eigenvalue weighted by Crippen LogP contribution is -2.26. The summed E-state index contributed by atoms with van der Waals surface area (Å²) in [5.41, 5.74) is 0.0314. The van der Waals surface area contributed by atoms with Gasteiger partial charge in [-0.05, 0) is 38.1 Å². The second-order valence-electron chi connectivity index (χ2n) is 4.58. The Kier molecular flexibility index (Phi) is 3.25. The van der Waals surface area contributed by atoms with Gasteiger partial charge in [-0.15, -0.1) is 0 Å². The fourth-order valence-electron chi connectivity index (χ4n) is 2.26. The van der Waals surface area contributed by atoms with Crippen LogP contribution in [-0.4, -0.2) is 23.2 Å². The van der Waals surface area contributed by atoms with Crippen LogP contribution in [0, 0.1) is 11.6 Å². The van der Waals surface area contributed by atoms with Crippen molar-refractivity contribution in [3.63, 3.8) is 0 Å². The van der Waals surface area contributed by atoms with Gasteiger partial charge in [-0.1, -0.05) is 11.2 Å². The zero-order valence-electron chi connectivity index (χ0n) is 10.2. The van der Waals surface area contributed by atoms with E-state index in [4.69, 9.17) is 4.52 Å². The van der Waals surface area contributed by atoms with Crippen molar-refractivity contribution < 1.29 is 13.3 Å². The number of hydrogen-bond donors (Lipinski definition) is 1. The van der Waals surface area contributed by atoms with E-state index in [0.29, 0.717) is 5.89 Å². The molecule has 2 aromatic rings. The molecule has 1 aromatic carbocycles. The molecule has 0 atom stereocenters. The van der Waals surface area contributed by atoms with E-state index in [1.807, 2.05) is 0 Å². The summed E-state index contributed by atoms with van der Waals surface area (Å²) in [4.78, 5) is 4.19. The molecule has 1 aromatic heterocycles. The zero-order valence-corrected chi connectivity index (χ0v) is 10.2. The molecule has 0 bridgehead atoms. The minimum Gasteiger partial charge on any atom is -0.339 e. The monoisotopic (exact) mass is 265 g/mol. The van der Waals surface area contributed by atoms with E-state index in [2.05, 4.69) is 15.5 Å². The molecular formula is C13H13F2N3O. The number of nitrogens with zero attached hydrogens (tertiary/aromatic N) is 2. The number of hydrogen-bond acceptors (Lipinski definition) is 4. The molecule has 1 aliphatic rings. The largest absolute Gasteiger partial charge is 0.339 e. The molecule has 3 rings (SSSR count). The van der Waals surface area contributed by atoms with Crippen molar-refractivity contribution in [1.82, 2.24) is 15.5 Å². The first-order valence-electron chi connectivity index (χ1n) is 6.24. The van der Waals surface area contributed by atoms with E-state index >= 15 is 0 Å². The minimum atomic E-state index is -0.944. The van der Waals surface area contributed by atoms with Crippen molar-refractivity contribution in [1.29, 1.82) is 0 Å². The molecule has 19 heavy (non-hydrogen) atoms. The third-order valence-electron chi connectivity index (χ3n) is 3.32. The van der Waals surface area contributed by atoms with Gasteiger partial charge in [-0.3, -0.25) is 0 Å². The summed E-state index contributed by atoms with van der Waals surface area (Å²) in [6.45, 7) is 1.80. The first kappa shape index (κ1) is 12.2. The summed E-state index contributed by atoms with van der Waals surface area (Å²) in [6, 6.07) is 3.93. The molecule has 2 heterocycles. The second-order valence-corrected chi connectivity index (χ2v) is 4.58. The van der Waals surface area contributed by atoms with Crippen molar-refractivity contribution in [2.45, 2.75) is 18.8 Å². The van der Waals surface area contributed by atoms with Crippen LogP contribution in [0.2, 0.25) is 0 Å². The van der Waals surface area contributed by atoms with Gasteiger partial charge in [0.15, 0.2) is 11.6 Å². The maximum Gasteiger partial charge on any atom is 0.230 e. The first-order valence-corrected chi connectivity index (χ1v) is 6.24. The molecule has 6 heteroatoms. The molecule has 1 fully saturated rings. The maximum atomic E-state index is 13.6. The zero-order chi connectivity index (χ0) is 13.2. The molecule has 0 saturated carbocycles. The Labute approximate surface area is 108 Å². The van der Waals surface area contributed by atoms with Crippen LogP contribution in [-0.2, 0) is 0 Å². The Morgan fingerprint density at radius 2 is 2.00 bits per heavy atom. The number of aromatic nitrogens is 2. The highest BCUT2D eigenvalue weighted by atomic mass is 19.2. The normalized spacial score (nSPS) is 16.7. The number of benzene rings is 1. The molecule has 1 saturated heterocycles. The van der Waals surface area contributed by atoms with Gasteiger partial charge in [0, 0.05) is 5.92 Å². The minimum absolute atomic E-state index is 0.0314. The number of nitrogens with one attached hydrogen (secondary N) is 1. The third kappa shape index (κ3) is 2.35. The summed E-state index contributed by atoms with van der Waals surface area (Å²) in [6.07, 6.45) is 1.82. The fraction of sp³-hybridized carbons (Fsp3) is 0.385. The van der Waals surface area contributed by atoms with E-state index < -0.39 is 11.6 Å². The van der Waals surface area contributed by atoms with E-state index in [9.17, 15) is 8.78 Å². The van der Waals surface area contributed by atoms with Gasteiger partial charge in [0.05, 0.1) is 5.56 Å².